The monoisotopic (exact) mass is 256 g/mol. The van der Waals surface area contributed by atoms with E-state index in [0.717, 1.165) is 0 Å². The summed E-state index contributed by atoms with van der Waals surface area (Å²) in [5.74, 6) is 0. The van der Waals surface area contributed by atoms with Gasteiger partial charge in [0, 0.05) is 6.42 Å². The Balaban J connectivity index is 1.98. The number of fused-ring (bicyclic) bond motifs is 2. The van der Waals surface area contributed by atoms with Gasteiger partial charge in [0.25, 0.3) is 0 Å². The summed E-state index contributed by atoms with van der Waals surface area (Å²) in [6, 6.07) is 0. The maximum atomic E-state index is 9.75. The molecule has 1 saturated heterocycles. The lowest BCUT2D eigenvalue weighted by molar-refractivity contribution is -0.0120. The highest BCUT2D eigenvalue weighted by Crippen LogP contribution is 2.42. The Hall–Kier alpha value is -0.163. The molecule has 3 nitrogen and oxygen atoms in total. The Morgan fingerprint density at radius 1 is 1.47 bits per heavy atom. The Morgan fingerprint density at radius 3 is 2.53 bits per heavy atom. The van der Waals surface area contributed by atoms with Gasteiger partial charge in [-0.25, -0.2) is 0 Å². The molecule has 0 amide bonds. The predicted octanol–water partition coefficient (Wildman–Crippen LogP) is 2.47. The summed E-state index contributed by atoms with van der Waals surface area (Å²) in [6.45, 7) is 11.8. The first-order chi connectivity index (χ1) is 7.65. The van der Waals surface area contributed by atoms with E-state index in [1.165, 1.54) is 0 Å². The maximum absolute atomic E-state index is 9.75. The molecule has 2 rings (SSSR count). The van der Waals surface area contributed by atoms with Gasteiger partial charge in [-0.1, -0.05) is 32.9 Å². The van der Waals surface area contributed by atoms with Crippen molar-refractivity contribution in [2.75, 3.05) is 6.61 Å². The van der Waals surface area contributed by atoms with Crippen LogP contribution in [-0.2, 0) is 9.16 Å². The SMILES string of the molecule is CC(C)(C)[Si](C)(C)OC[C@@]12C=C[C@@H](O1)[C@@H](O)C2. The fourth-order valence-corrected chi connectivity index (χ4v) is 3.11. The summed E-state index contributed by atoms with van der Waals surface area (Å²) in [6.07, 6.45) is 4.23. The Morgan fingerprint density at radius 2 is 2.12 bits per heavy atom. The van der Waals surface area contributed by atoms with Crippen LogP contribution in [0.4, 0.5) is 0 Å². The molecule has 0 aliphatic carbocycles. The van der Waals surface area contributed by atoms with Gasteiger partial charge in [-0.15, -0.1) is 0 Å². The lowest BCUT2D eigenvalue weighted by atomic mass is 9.94. The second-order valence-electron chi connectivity index (χ2n) is 6.83. The van der Waals surface area contributed by atoms with Gasteiger partial charge in [-0.05, 0) is 18.1 Å². The van der Waals surface area contributed by atoms with Gasteiger partial charge < -0.3 is 14.3 Å². The van der Waals surface area contributed by atoms with Crippen molar-refractivity contribution in [1.82, 2.24) is 0 Å². The second kappa shape index (κ2) is 3.92. The molecule has 2 aliphatic rings. The molecular weight excluding hydrogens is 232 g/mol. The molecule has 0 aromatic heterocycles. The summed E-state index contributed by atoms with van der Waals surface area (Å²) in [5, 5.41) is 9.96. The molecule has 4 heteroatoms. The molecule has 3 atom stereocenters. The normalized spacial score (nSPS) is 36.8. The van der Waals surface area contributed by atoms with E-state index in [2.05, 4.69) is 39.9 Å². The maximum Gasteiger partial charge on any atom is 0.192 e. The van der Waals surface area contributed by atoms with Crippen LogP contribution in [0.25, 0.3) is 0 Å². The average Bonchev–Trinajstić information content (AvgIpc) is 2.71. The summed E-state index contributed by atoms with van der Waals surface area (Å²) >= 11 is 0. The van der Waals surface area contributed by atoms with Crippen LogP contribution < -0.4 is 0 Å². The smallest absolute Gasteiger partial charge is 0.192 e. The highest BCUT2D eigenvalue weighted by molar-refractivity contribution is 6.74. The summed E-state index contributed by atoms with van der Waals surface area (Å²) in [7, 11) is -1.73. The summed E-state index contributed by atoms with van der Waals surface area (Å²) in [4.78, 5) is 0. The summed E-state index contributed by atoms with van der Waals surface area (Å²) < 4.78 is 12.0. The van der Waals surface area contributed by atoms with Crippen molar-refractivity contribution in [2.24, 2.45) is 0 Å². The van der Waals surface area contributed by atoms with E-state index in [0.29, 0.717) is 13.0 Å². The lowest BCUT2D eigenvalue weighted by Gasteiger charge is -2.38. The zero-order valence-corrected chi connectivity index (χ0v) is 12.5. The van der Waals surface area contributed by atoms with Crippen molar-refractivity contribution in [1.29, 1.82) is 0 Å². The number of aliphatic hydroxyl groups is 1. The minimum atomic E-state index is -1.73. The topological polar surface area (TPSA) is 38.7 Å². The molecule has 2 aliphatic heterocycles. The van der Waals surface area contributed by atoms with Gasteiger partial charge in [-0.3, -0.25) is 0 Å². The van der Waals surface area contributed by atoms with Crippen molar-refractivity contribution in [3.63, 3.8) is 0 Å². The van der Waals surface area contributed by atoms with Crippen LogP contribution >= 0.6 is 0 Å². The third-order valence-electron chi connectivity index (χ3n) is 4.38. The van der Waals surface area contributed by atoms with Gasteiger partial charge in [0.1, 0.15) is 11.7 Å². The van der Waals surface area contributed by atoms with E-state index in [1.54, 1.807) is 0 Å². The van der Waals surface area contributed by atoms with Gasteiger partial charge in [0.2, 0.25) is 0 Å². The fourth-order valence-electron chi connectivity index (χ4n) is 2.07. The van der Waals surface area contributed by atoms with Crippen molar-refractivity contribution >= 4 is 8.32 Å². The minimum absolute atomic E-state index is 0.113. The van der Waals surface area contributed by atoms with Gasteiger partial charge >= 0.3 is 0 Å². The number of aliphatic hydroxyl groups excluding tert-OH is 1. The molecule has 98 valence electrons. The lowest BCUT2D eigenvalue weighted by Crippen LogP contribution is -2.45. The molecule has 17 heavy (non-hydrogen) atoms. The Bertz CT molecular complexity index is 332. The van der Waals surface area contributed by atoms with Crippen LogP contribution in [0.15, 0.2) is 12.2 Å². The van der Waals surface area contributed by atoms with Gasteiger partial charge in [-0.2, -0.15) is 0 Å². The van der Waals surface area contributed by atoms with Crippen LogP contribution in [0.3, 0.4) is 0 Å². The van der Waals surface area contributed by atoms with E-state index in [-0.39, 0.29) is 22.8 Å². The fraction of sp³-hybridized carbons (Fsp3) is 0.846. The molecule has 0 unspecified atom stereocenters. The minimum Gasteiger partial charge on any atom is -0.414 e. The zero-order valence-electron chi connectivity index (χ0n) is 11.5. The Labute approximate surface area is 105 Å². The Kier molecular flexibility index (Phi) is 3.06. The third-order valence-corrected chi connectivity index (χ3v) is 8.86. The van der Waals surface area contributed by atoms with Gasteiger partial charge in [0.15, 0.2) is 8.32 Å². The molecule has 0 aromatic rings. The van der Waals surface area contributed by atoms with Crippen LogP contribution in [0.2, 0.25) is 18.1 Å². The first kappa shape index (κ1) is 13.3. The van der Waals surface area contributed by atoms with Crippen molar-refractivity contribution < 1.29 is 14.3 Å². The highest BCUT2D eigenvalue weighted by Gasteiger charge is 2.49. The number of hydrogen-bond acceptors (Lipinski definition) is 3. The number of ether oxygens (including phenoxy) is 1. The largest absolute Gasteiger partial charge is 0.414 e. The van der Waals surface area contributed by atoms with E-state index < -0.39 is 8.32 Å². The molecule has 0 saturated carbocycles. The van der Waals surface area contributed by atoms with Crippen LogP contribution in [-0.4, -0.2) is 37.8 Å². The first-order valence-corrected chi connectivity index (χ1v) is 9.25. The number of rotatable bonds is 3. The van der Waals surface area contributed by atoms with E-state index in [1.807, 2.05) is 6.08 Å². The molecule has 1 N–H and O–H groups in total. The molecule has 2 heterocycles. The molecule has 0 spiro atoms. The van der Waals surface area contributed by atoms with E-state index in [9.17, 15) is 5.11 Å². The molecule has 2 bridgehead atoms. The van der Waals surface area contributed by atoms with Crippen molar-refractivity contribution in [3.8, 4) is 0 Å². The standard InChI is InChI=1S/C13H24O3Si/c1-12(2,3)17(4,5)15-9-13-7-6-11(16-13)10(14)8-13/h6-7,10-11,14H,8-9H2,1-5H3/t10-,11+,13-/m0/s1. The van der Waals surface area contributed by atoms with Crippen molar-refractivity contribution in [2.45, 2.75) is 63.1 Å². The van der Waals surface area contributed by atoms with Crippen LogP contribution in [0.5, 0.6) is 0 Å². The van der Waals surface area contributed by atoms with E-state index >= 15 is 0 Å². The molecular formula is C13H24O3Si. The zero-order chi connectivity index (χ0) is 12.9. The first-order valence-electron chi connectivity index (χ1n) is 6.34. The molecule has 1 fully saturated rings. The second-order valence-corrected chi connectivity index (χ2v) is 11.6. The van der Waals surface area contributed by atoms with Gasteiger partial charge in [0.05, 0.1) is 12.7 Å². The quantitative estimate of drug-likeness (QED) is 0.623. The third kappa shape index (κ3) is 2.36. The molecule has 0 radical (unpaired) electrons. The van der Waals surface area contributed by atoms with Crippen LogP contribution in [0.1, 0.15) is 27.2 Å². The average molecular weight is 256 g/mol. The molecule has 0 aromatic carbocycles. The summed E-state index contributed by atoms with van der Waals surface area (Å²) in [5.41, 5.74) is -0.362. The van der Waals surface area contributed by atoms with Crippen molar-refractivity contribution in [3.05, 3.63) is 12.2 Å². The number of hydrogen-bond donors (Lipinski definition) is 1. The highest BCUT2D eigenvalue weighted by atomic mass is 28.4. The van der Waals surface area contributed by atoms with E-state index in [4.69, 9.17) is 9.16 Å². The van der Waals surface area contributed by atoms with Crippen LogP contribution in [0, 0.1) is 0 Å². The predicted molar refractivity (Wildman–Crippen MR) is 70.5 cm³/mol.